The smallest absolute Gasteiger partial charge is 0.143 e. The minimum Gasteiger partial charge on any atom is -0.456 e. The van der Waals surface area contributed by atoms with Gasteiger partial charge in [-0.1, -0.05) is 72.8 Å². The molecule has 8 aromatic rings. The first-order valence-corrected chi connectivity index (χ1v) is 13.0. The van der Waals surface area contributed by atoms with E-state index in [4.69, 9.17) is 8.83 Å². The monoisotopic (exact) mass is 488 g/mol. The van der Waals surface area contributed by atoms with Gasteiger partial charge in [0, 0.05) is 27.1 Å². The number of furan rings is 2. The maximum Gasteiger partial charge on any atom is 0.143 e. The molecule has 2 nitrogen and oxygen atoms in total. The molecule has 0 atom stereocenters. The van der Waals surface area contributed by atoms with Crippen LogP contribution < -0.4 is 0 Å². The van der Waals surface area contributed by atoms with E-state index in [1.54, 1.807) is 0 Å². The zero-order valence-corrected chi connectivity index (χ0v) is 21.2. The highest BCUT2D eigenvalue weighted by molar-refractivity contribution is 6.20. The number of hydrogen-bond acceptors (Lipinski definition) is 2. The Bertz CT molecular complexity index is 2190. The van der Waals surface area contributed by atoms with Gasteiger partial charge < -0.3 is 8.83 Å². The maximum atomic E-state index is 6.51. The van der Waals surface area contributed by atoms with E-state index >= 15 is 0 Å². The number of benzene rings is 6. The van der Waals surface area contributed by atoms with Gasteiger partial charge in [0.05, 0.1) is 0 Å². The van der Waals surface area contributed by atoms with E-state index in [9.17, 15) is 0 Å². The molecule has 0 saturated carbocycles. The first kappa shape index (κ1) is 21.3. The van der Waals surface area contributed by atoms with Gasteiger partial charge >= 0.3 is 0 Å². The lowest BCUT2D eigenvalue weighted by atomic mass is 9.95. The first-order chi connectivity index (χ1) is 18.6. The van der Waals surface area contributed by atoms with Crippen LogP contribution in [0.2, 0.25) is 0 Å². The first-order valence-electron chi connectivity index (χ1n) is 13.0. The fourth-order valence-corrected chi connectivity index (χ4v) is 5.98. The second-order valence-electron chi connectivity index (χ2n) is 10.3. The van der Waals surface area contributed by atoms with Crippen LogP contribution >= 0.6 is 0 Å². The van der Waals surface area contributed by atoms with E-state index in [0.29, 0.717) is 0 Å². The third-order valence-corrected chi connectivity index (χ3v) is 7.81. The molecule has 0 N–H and O–H groups in total. The summed E-state index contributed by atoms with van der Waals surface area (Å²) in [6.45, 7) is 4.26. The molecule has 2 aromatic heterocycles. The van der Waals surface area contributed by atoms with Crippen molar-refractivity contribution in [2.24, 2.45) is 0 Å². The molecule has 0 aliphatic heterocycles. The number of para-hydroxylation sites is 1. The molecule has 0 saturated heterocycles. The van der Waals surface area contributed by atoms with Crippen molar-refractivity contribution in [3.05, 3.63) is 120 Å². The van der Waals surface area contributed by atoms with Crippen molar-refractivity contribution in [1.29, 1.82) is 0 Å². The lowest BCUT2D eigenvalue weighted by molar-refractivity contribution is 0.666. The van der Waals surface area contributed by atoms with E-state index in [2.05, 4.69) is 123 Å². The van der Waals surface area contributed by atoms with Crippen molar-refractivity contribution < 1.29 is 8.83 Å². The third-order valence-electron chi connectivity index (χ3n) is 7.81. The second kappa shape index (κ2) is 7.84. The SMILES string of the molecule is Cc1cc(-c2ccc3c(ccc4oc5c(C)cccc5c43)c2)c2oc3ccc(-c4ccccc4)cc3c2c1. The van der Waals surface area contributed by atoms with Crippen LogP contribution in [0.3, 0.4) is 0 Å². The zero-order chi connectivity index (χ0) is 25.4. The molecule has 0 radical (unpaired) electrons. The predicted molar refractivity (Wildman–Crippen MR) is 159 cm³/mol. The van der Waals surface area contributed by atoms with Gasteiger partial charge in [-0.05, 0) is 88.8 Å². The lowest BCUT2D eigenvalue weighted by Crippen LogP contribution is -1.83. The quantitative estimate of drug-likeness (QED) is 0.242. The Kier molecular flexibility index (Phi) is 4.39. The van der Waals surface area contributed by atoms with Crippen LogP contribution in [0, 0.1) is 13.8 Å². The average Bonchev–Trinajstić information content (AvgIpc) is 3.52. The van der Waals surface area contributed by atoms with Crippen LogP contribution in [-0.4, -0.2) is 0 Å². The number of aryl methyl sites for hydroxylation is 2. The summed E-state index contributed by atoms with van der Waals surface area (Å²) in [6, 6.07) is 38.8. The van der Waals surface area contributed by atoms with Gasteiger partial charge in [-0.15, -0.1) is 0 Å². The minimum atomic E-state index is 0.911. The van der Waals surface area contributed by atoms with Crippen LogP contribution in [0.4, 0.5) is 0 Å². The van der Waals surface area contributed by atoms with Crippen LogP contribution in [0.15, 0.2) is 118 Å². The summed E-state index contributed by atoms with van der Waals surface area (Å²) in [4.78, 5) is 0. The van der Waals surface area contributed by atoms with E-state index in [-0.39, 0.29) is 0 Å². The van der Waals surface area contributed by atoms with Crippen LogP contribution in [0.5, 0.6) is 0 Å². The van der Waals surface area contributed by atoms with Crippen molar-refractivity contribution in [2.45, 2.75) is 13.8 Å². The topological polar surface area (TPSA) is 26.3 Å². The highest BCUT2D eigenvalue weighted by Crippen LogP contribution is 2.41. The Morgan fingerprint density at radius 1 is 0.474 bits per heavy atom. The van der Waals surface area contributed by atoms with E-state index < -0.39 is 0 Å². The summed E-state index contributed by atoms with van der Waals surface area (Å²) in [5.41, 5.74) is 10.8. The van der Waals surface area contributed by atoms with Gasteiger partial charge in [0.25, 0.3) is 0 Å². The number of fused-ring (bicyclic) bond motifs is 8. The molecular formula is C36H24O2. The van der Waals surface area contributed by atoms with Gasteiger partial charge in [-0.3, -0.25) is 0 Å². The summed E-state index contributed by atoms with van der Waals surface area (Å²) in [5, 5.41) is 7.05. The Balaban J connectivity index is 1.35. The van der Waals surface area contributed by atoms with E-state index in [0.717, 1.165) is 49.8 Å². The molecule has 2 heterocycles. The Labute approximate surface area is 219 Å². The summed E-state index contributed by atoms with van der Waals surface area (Å²) >= 11 is 0. The van der Waals surface area contributed by atoms with Gasteiger partial charge in [-0.2, -0.15) is 0 Å². The van der Waals surface area contributed by atoms with E-state index in [1.807, 2.05) is 0 Å². The summed E-state index contributed by atoms with van der Waals surface area (Å²) in [6.07, 6.45) is 0. The van der Waals surface area contributed by atoms with Crippen molar-refractivity contribution in [3.63, 3.8) is 0 Å². The van der Waals surface area contributed by atoms with Crippen molar-refractivity contribution >= 4 is 54.6 Å². The normalized spacial score (nSPS) is 11.9. The number of hydrogen-bond donors (Lipinski definition) is 0. The largest absolute Gasteiger partial charge is 0.456 e. The molecule has 0 fully saturated rings. The molecule has 0 amide bonds. The Morgan fingerprint density at radius 3 is 2.18 bits per heavy atom. The predicted octanol–water partition coefficient (Wildman–Crippen LogP) is 10.6. The molecule has 8 rings (SSSR count). The highest BCUT2D eigenvalue weighted by Gasteiger charge is 2.16. The van der Waals surface area contributed by atoms with Gasteiger partial charge in [0.2, 0.25) is 0 Å². The Hall–Kier alpha value is -4.82. The van der Waals surface area contributed by atoms with Gasteiger partial charge in [0.1, 0.15) is 22.3 Å². The second-order valence-corrected chi connectivity index (χ2v) is 10.3. The van der Waals surface area contributed by atoms with Crippen LogP contribution in [0.1, 0.15) is 11.1 Å². The summed E-state index contributed by atoms with van der Waals surface area (Å²) in [7, 11) is 0. The average molecular weight is 489 g/mol. The molecule has 2 heteroatoms. The lowest BCUT2D eigenvalue weighted by Gasteiger charge is -2.08. The van der Waals surface area contributed by atoms with Crippen molar-refractivity contribution in [3.8, 4) is 22.3 Å². The van der Waals surface area contributed by atoms with Crippen molar-refractivity contribution in [1.82, 2.24) is 0 Å². The fourth-order valence-electron chi connectivity index (χ4n) is 5.98. The van der Waals surface area contributed by atoms with Crippen LogP contribution in [-0.2, 0) is 0 Å². The molecule has 38 heavy (non-hydrogen) atoms. The molecule has 0 unspecified atom stereocenters. The maximum absolute atomic E-state index is 6.51. The molecular weight excluding hydrogens is 464 g/mol. The molecule has 6 aromatic carbocycles. The minimum absolute atomic E-state index is 0.911. The standard InChI is InChI=1S/C36H24O2/c1-21-17-29(36-31(18-21)30-20-24(12-15-32(30)37-36)23-8-4-3-5-9-23)26-11-14-27-25(19-26)13-16-33-34(27)28-10-6-7-22(2)35(28)38-33/h3-20H,1-2H3. The number of rotatable bonds is 2. The zero-order valence-electron chi connectivity index (χ0n) is 21.2. The molecule has 0 bridgehead atoms. The highest BCUT2D eigenvalue weighted by atomic mass is 16.3. The van der Waals surface area contributed by atoms with Gasteiger partial charge in [-0.25, -0.2) is 0 Å². The van der Waals surface area contributed by atoms with Gasteiger partial charge in [0.15, 0.2) is 0 Å². The molecule has 0 aliphatic rings. The van der Waals surface area contributed by atoms with E-state index in [1.165, 1.54) is 38.2 Å². The molecule has 0 aliphatic carbocycles. The van der Waals surface area contributed by atoms with Crippen LogP contribution in [0.25, 0.3) is 76.9 Å². The van der Waals surface area contributed by atoms with Crippen molar-refractivity contribution in [2.75, 3.05) is 0 Å². The molecule has 0 spiro atoms. The Morgan fingerprint density at radius 2 is 1.29 bits per heavy atom. The fraction of sp³-hybridized carbons (Fsp3) is 0.0556. The third kappa shape index (κ3) is 3.07. The summed E-state index contributed by atoms with van der Waals surface area (Å²) < 4.78 is 12.7. The molecule has 180 valence electrons. The summed E-state index contributed by atoms with van der Waals surface area (Å²) in [5.74, 6) is 0.